The van der Waals surface area contributed by atoms with Crippen molar-refractivity contribution in [2.24, 2.45) is 4.99 Å². The lowest BCUT2D eigenvalue weighted by atomic mass is 10.2. The third kappa shape index (κ3) is 6.96. The highest BCUT2D eigenvalue weighted by atomic mass is 16.5. The number of aliphatic imine (C=N–C) groups is 1. The van der Waals surface area contributed by atoms with E-state index in [4.69, 9.17) is 0 Å². The lowest BCUT2D eigenvalue weighted by Crippen LogP contribution is -2.47. The molecular weight excluding hydrogens is 260 g/mol. The molecule has 0 aliphatic rings. The van der Waals surface area contributed by atoms with Crippen LogP contribution in [0, 0.1) is 0 Å². The van der Waals surface area contributed by atoms with Crippen molar-refractivity contribution >= 4 is 18.1 Å². The number of nitrogens with one attached hydrogen (secondary N) is 1. The molecule has 20 heavy (non-hydrogen) atoms. The summed E-state index contributed by atoms with van der Waals surface area (Å²) >= 11 is 0. The zero-order valence-electron chi connectivity index (χ0n) is 13.1. The summed E-state index contributed by atoms with van der Waals surface area (Å²) in [5.41, 5.74) is 0. The Kier molecular flexibility index (Phi) is 9.15. The number of rotatable bonds is 5. The number of methoxy groups -OCH3 is 1. The van der Waals surface area contributed by atoms with Crippen molar-refractivity contribution in [3.8, 4) is 0 Å². The molecule has 116 valence electrons. The first kappa shape index (κ1) is 18.2. The first-order valence-electron chi connectivity index (χ1n) is 6.79. The third-order valence-electron chi connectivity index (χ3n) is 2.68. The van der Waals surface area contributed by atoms with Gasteiger partial charge in [0.25, 0.3) is 0 Å². The fourth-order valence-electron chi connectivity index (χ4n) is 1.56. The summed E-state index contributed by atoms with van der Waals surface area (Å²) in [6.07, 6.45) is 3.62. The highest BCUT2D eigenvalue weighted by molar-refractivity contribution is 5.99. The van der Waals surface area contributed by atoms with Crippen LogP contribution in [0.25, 0.3) is 0 Å². The van der Waals surface area contributed by atoms with Crippen LogP contribution in [0.2, 0.25) is 0 Å². The molecule has 0 atom stereocenters. The van der Waals surface area contributed by atoms with Gasteiger partial charge in [0.2, 0.25) is 5.96 Å². The molecule has 7 heteroatoms. The number of ether oxygens (including phenoxy) is 1. The average molecular weight is 286 g/mol. The number of unbranched alkanes of at least 4 members (excludes halogenated alkanes) is 3. The SMILES string of the molecule is CCCCCCNC(=O)N(C)/C(=N\C(=O)OC)N(C)C. The van der Waals surface area contributed by atoms with Gasteiger partial charge >= 0.3 is 12.1 Å². The lowest BCUT2D eigenvalue weighted by molar-refractivity contribution is 0.181. The molecule has 7 nitrogen and oxygen atoms in total. The van der Waals surface area contributed by atoms with Gasteiger partial charge in [0.15, 0.2) is 0 Å². The zero-order valence-corrected chi connectivity index (χ0v) is 13.1. The highest BCUT2D eigenvalue weighted by Gasteiger charge is 2.17. The van der Waals surface area contributed by atoms with E-state index in [-0.39, 0.29) is 12.0 Å². The van der Waals surface area contributed by atoms with Gasteiger partial charge in [-0.15, -0.1) is 4.99 Å². The molecule has 0 aromatic carbocycles. The number of urea groups is 1. The molecule has 0 aromatic heterocycles. The van der Waals surface area contributed by atoms with Crippen LogP contribution in [0.4, 0.5) is 9.59 Å². The summed E-state index contributed by atoms with van der Waals surface area (Å²) in [7, 11) is 6.20. The Hall–Kier alpha value is -1.79. The minimum atomic E-state index is -0.740. The number of amides is 3. The van der Waals surface area contributed by atoms with Gasteiger partial charge in [0.1, 0.15) is 0 Å². The summed E-state index contributed by atoms with van der Waals surface area (Å²) in [4.78, 5) is 29.7. The van der Waals surface area contributed by atoms with Crippen molar-refractivity contribution in [2.75, 3.05) is 34.8 Å². The average Bonchev–Trinajstić information content (AvgIpc) is 2.42. The van der Waals surface area contributed by atoms with E-state index < -0.39 is 6.09 Å². The molecule has 0 saturated carbocycles. The first-order chi connectivity index (χ1) is 9.43. The normalized spacial score (nSPS) is 10.9. The first-order valence-corrected chi connectivity index (χ1v) is 6.79. The summed E-state index contributed by atoms with van der Waals surface area (Å²) in [5.74, 6) is 0.225. The second kappa shape index (κ2) is 10.1. The topological polar surface area (TPSA) is 74.2 Å². The van der Waals surface area contributed by atoms with Gasteiger partial charge < -0.3 is 15.0 Å². The minimum Gasteiger partial charge on any atom is -0.451 e. The van der Waals surface area contributed by atoms with Gasteiger partial charge in [0.05, 0.1) is 7.11 Å². The van der Waals surface area contributed by atoms with Crippen LogP contribution in [-0.2, 0) is 4.74 Å². The van der Waals surface area contributed by atoms with Crippen LogP contribution >= 0.6 is 0 Å². The molecule has 0 fully saturated rings. The van der Waals surface area contributed by atoms with Crippen molar-refractivity contribution in [2.45, 2.75) is 32.6 Å². The summed E-state index contributed by atoms with van der Waals surface area (Å²) in [6.45, 7) is 2.75. The number of hydrogen-bond donors (Lipinski definition) is 1. The monoisotopic (exact) mass is 286 g/mol. The van der Waals surface area contributed by atoms with Gasteiger partial charge in [-0.25, -0.2) is 9.59 Å². The van der Waals surface area contributed by atoms with E-state index in [9.17, 15) is 9.59 Å². The van der Waals surface area contributed by atoms with Crippen LogP contribution in [0.5, 0.6) is 0 Å². The van der Waals surface area contributed by atoms with E-state index in [2.05, 4.69) is 22.0 Å². The van der Waals surface area contributed by atoms with Crippen LogP contribution in [0.1, 0.15) is 32.6 Å². The molecule has 0 bridgehead atoms. The van der Waals surface area contributed by atoms with Crippen molar-refractivity contribution in [1.29, 1.82) is 0 Å². The third-order valence-corrected chi connectivity index (χ3v) is 2.68. The second-order valence-electron chi connectivity index (χ2n) is 4.63. The number of nitrogens with zero attached hydrogens (tertiary/aromatic N) is 3. The van der Waals surface area contributed by atoms with E-state index in [1.165, 1.54) is 18.4 Å². The predicted molar refractivity (Wildman–Crippen MR) is 78.8 cm³/mol. The molecule has 0 unspecified atom stereocenters. The van der Waals surface area contributed by atoms with Gasteiger partial charge in [-0.05, 0) is 6.42 Å². The smallest absolute Gasteiger partial charge is 0.436 e. The van der Waals surface area contributed by atoms with Crippen molar-refractivity contribution in [3.63, 3.8) is 0 Å². The summed E-state index contributed by atoms with van der Waals surface area (Å²) in [6, 6.07) is -0.294. The van der Waals surface area contributed by atoms with Crippen LogP contribution in [0.3, 0.4) is 0 Å². The standard InChI is InChI=1S/C13H26N4O3/c1-6-7-8-9-10-14-12(18)17(4)11(16(2)3)15-13(19)20-5/h6-10H2,1-5H3,(H,14,18)/b15-11-. The summed E-state index contributed by atoms with van der Waals surface area (Å²) in [5, 5.41) is 2.80. The van der Waals surface area contributed by atoms with E-state index in [0.29, 0.717) is 6.54 Å². The van der Waals surface area contributed by atoms with Gasteiger partial charge in [0, 0.05) is 27.7 Å². The van der Waals surface area contributed by atoms with Gasteiger partial charge in [-0.2, -0.15) is 0 Å². The van der Waals surface area contributed by atoms with E-state index in [1.54, 1.807) is 26.0 Å². The van der Waals surface area contributed by atoms with Crippen LogP contribution in [0.15, 0.2) is 4.99 Å². The molecule has 0 heterocycles. The van der Waals surface area contributed by atoms with Crippen molar-refractivity contribution in [1.82, 2.24) is 15.1 Å². The Morgan fingerprint density at radius 1 is 1.15 bits per heavy atom. The van der Waals surface area contributed by atoms with Crippen molar-refractivity contribution in [3.05, 3.63) is 0 Å². The maximum absolute atomic E-state index is 11.9. The van der Waals surface area contributed by atoms with Gasteiger partial charge in [-0.1, -0.05) is 26.2 Å². The Morgan fingerprint density at radius 3 is 2.30 bits per heavy atom. The Balaban J connectivity index is 4.43. The molecular formula is C13H26N4O3. The number of carbonyl (C=O) groups is 2. The van der Waals surface area contributed by atoms with Crippen LogP contribution < -0.4 is 5.32 Å². The Bertz CT molecular complexity index is 343. The molecule has 1 N–H and O–H groups in total. The molecule has 0 aromatic rings. The van der Waals surface area contributed by atoms with Gasteiger partial charge in [-0.3, -0.25) is 4.90 Å². The lowest BCUT2D eigenvalue weighted by Gasteiger charge is -2.24. The molecule has 0 spiro atoms. The quantitative estimate of drug-likeness (QED) is 0.476. The fourth-order valence-corrected chi connectivity index (χ4v) is 1.56. The predicted octanol–water partition coefficient (Wildman–Crippen LogP) is 1.89. The van der Waals surface area contributed by atoms with E-state index >= 15 is 0 Å². The van der Waals surface area contributed by atoms with Crippen molar-refractivity contribution < 1.29 is 14.3 Å². The fraction of sp³-hybridized carbons (Fsp3) is 0.769. The second-order valence-corrected chi connectivity index (χ2v) is 4.63. The molecule has 3 amide bonds. The van der Waals surface area contributed by atoms with Crippen LogP contribution in [-0.4, -0.2) is 62.7 Å². The highest BCUT2D eigenvalue weighted by Crippen LogP contribution is 1.99. The maximum Gasteiger partial charge on any atom is 0.436 e. The van der Waals surface area contributed by atoms with E-state index in [1.807, 2.05) is 0 Å². The maximum atomic E-state index is 11.9. The molecule has 0 aliphatic heterocycles. The molecule has 0 rings (SSSR count). The molecule has 0 aliphatic carbocycles. The van der Waals surface area contributed by atoms with E-state index in [0.717, 1.165) is 19.3 Å². The number of hydrogen-bond acceptors (Lipinski definition) is 3. The Labute approximate surface area is 121 Å². The minimum absolute atomic E-state index is 0.225. The molecule has 0 radical (unpaired) electrons. The zero-order chi connectivity index (χ0) is 15.5. The number of carbonyl (C=O) groups excluding carboxylic acids is 2. The molecule has 0 saturated heterocycles. The Morgan fingerprint density at radius 2 is 1.80 bits per heavy atom. The largest absolute Gasteiger partial charge is 0.451 e. The number of guanidine groups is 1. The summed E-state index contributed by atoms with van der Waals surface area (Å²) < 4.78 is 4.47.